The van der Waals surface area contributed by atoms with Crippen LogP contribution in [0.4, 0.5) is 10.2 Å². The van der Waals surface area contributed by atoms with Crippen LogP contribution in [-0.4, -0.2) is 16.1 Å². The number of rotatable bonds is 3. The van der Waals surface area contributed by atoms with E-state index in [-0.39, 0.29) is 17.7 Å². The molecule has 0 unspecified atom stereocenters. The highest BCUT2D eigenvalue weighted by molar-refractivity contribution is 5.88. The molecule has 0 amide bonds. The molecule has 0 atom stereocenters. The highest BCUT2D eigenvalue weighted by Gasteiger charge is 2.21. The Morgan fingerprint density at radius 2 is 2.10 bits per heavy atom. The summed E-state index contributed by atoms with van der Waals surface area (Å²) in [5, 5.41) is 0. The lowest BCUT2D eigenvalue weighted by Crippen LogP contribution is -2.07. The van der Waals surface area contributed by atoms with Gasteiger partial charge >= 0.3 is 0 Å². The van der Waals surface area contributed by atoms with Crippen LogP contribution in [0.5, 0.6) is 5.75 Å². The molecule has 2 aromatic rings. The van der Waals surface area contributed by atoms with Gasteiger partial charge < -0.3 is 10.5 Å². The minimum Gasteiger partial charge on any atom is -0.488 e. The van der Waals surface area contributed by atoms with Crippen LogP contribution >= 0.6 is 0 Å². The van der Waals surface area contributed by atoms with E-state index in [2.05, 4.69) is 9.97 Å². The summed E-state index contributed by atoms with van der Waals surface area (Å²) in [4.78, 5) is 8.23. The number of nitrogen functional groups attached to an aromatic ring is 1. The molecule has 2 N–H and O–H groups in total. The van der Waals surface area contributed by atoms with E-state index in [0.717, 1.165) is 22.4 Å². The monoisotopic (exact) mass is 285 g/mol. The fraction of sp³-hybridized carbons (Fsp3) is 0.250. The highest BCUT2D eigenvalue weighted by atomic mass is 19.1. The van der Waals surface area contributed by atoms with Crippen molar-refractivity contribution in [1.29, 1.82) is 0 Å². The van der Waals surface area contributed by atoms with Gasteiger partial charge in [0.15, 0.2) is 11.6 Å². The van der Waals surface area contributed by atoms with E-state index in [1.165, 1.54) is 12.4 Å². The first-order chi connectivity index (χ1) is 10.1. The Hall–Kier alpha value is -2.43. The first-order valence-electron chi connectivity index (χ1n) is 6.82. The minimum atomic E-state index is -0.383. The summed E-state index contributed by atoms with van der Waals surface area (Å²) in [5.41, 5.74) is 9.23. The van der Waals surface area contributed by atoms with Gasteiger partial charge in [0.2, 0.25) is 0 Å². The first-order valence-corrected chi connectivity index (χ1v) is 6.82. The van der Waals surface area contributed by atoms with Crippen LogP contribution in [0, 0.1) is 5.82 Å². The van der Waals surface area contributed by atoms with Crippen LogP contribution < -0.4 is 10.5 Å². The van der Waals surface area contributed by atoms with Crippen LogP contribution in [0.3, 0.4) is 0 Å². The molecule has 0 fully saturated rings. The second kappa shape index (κ2) is 5.16. The van der Waals surface area contributed by atoms with Gasteiger partial charge in [0.05, 0.1) is 11.8 Å². The average molecular weight is 285 g/mol. The Morgan fingerprint density at radius 1 is 1.29 bits per heavy atom. The largest absolute Gasteiger partial charge is 0.488 e. The number of hydrogen-bond acceptors (Lipinski definition) is 4. The molecule has 3 rings (SSSR count). The second-order valence-electron chi connectivity index (χ2n) is 5.21. The van der Waals surface area contributed by atoms with Gasteiger partial charge in [-0.25, -0.2) is 14.4 Å². The van der Waals surface area contributed by atoms with Gasteiger partial charge in [-0.05, 0) is 37.1 Å². The Labute approximate surface area is 122 Å². The predicted octanol–water partition coefficient (Wildman–Crippen LogP) is 2.97. The number of aromatic nitrogens is 2. The first kappa shape index (κ1) is 13.5. The molecule has 1 aliphatic rings. The van der Waals surface area contributed by atoms with Gasteiger partial charge in [-0.15, -0.1) is 0 Å². The van der Waals surface area contributed by atoms with Crippen molar-refractivity contribution in [1.82, 2.24) is 9.97 Å². The van der Waals surface area contributed by atoms with E-state index in [4.69, 9.17) is 10.5 Å². The lowest BCUT2D eigenvalue weighted by molar-refractivity contribution is 0.231. The molecule has 5 heteroatoms. The van der Waals surface area contributed by atoms with Crippen molar-refractivity contribution in [2.45, 2.75) is 26.4 Å². The highest BCUT2D eigenvalue weighted by Crippen LogP contribution is 2.35. The molecule has 1 aromatic heterocycles. The fourth-order valence-electron chi connectivity index (χ4n) is 2.47. The number of nitrogens with zero attached hydrogens (tertiary/aromatic N) is 2. The zero-order valence-electron chi connectivity index (χ0n) is 11.9. The number of ether oxygens (including phenoxy) is 1. The number of nitrogens with two attached hydrogens (primary N) is 1. The Balaban J connectivity index is 1.99. The Bertz CT molecular complexity index is 725. The number of halogens is 1. The third-order valence-electron chi connectivity index (χ3n) is 3.33. The topological polar surface area (TPSA) is 61.0 Å². The number of fused-ring (bicyclic) bond motifs is 1. The standard InChI is InChI=1S/C16H16FN3O/c1-9(2)21-14-6-3-10(7-12(14)17)11-4-5-13-15(11)16(18)20-8-19-13/h3-4,6-9H,5H2,1-2H3,(H2,18,19,20). The minimum absolute atomic E-state index is 0.0687. The van der Waals surface area contributed by atoms with Crippen molar-refractivity contribution < 1.29 is 9.13 Å². The molecule has 21 heavy (non-hydrogen) atoms. The molecule has 0 saturated carbocycles. The molecule has 108 valence electrons. The maximum atomic E-state index is 14.1. The summed E-state index contributed by atoms with van der Waals surface area (Å²) >= 11 is 0. The molecule has 1 heterocycles. The van der Waals surface area contributed by atoms with Crippen molar-refractivity contribution in [3.8, 4) is 5.75 Å². The molecule has 4 nitrogen and oxygen atoms in total. The average Bonchev–Trinajstić information content (AvgIpc) is 2.86. The summed E-state index contributed by atoms with van der Waals surface area (Å²) in [6.07, 6.45) is 4.06. The van der Waals surface area contributed by atoms with Crippen molar-refractivity contribution in [2.24, 2.45) is 0 Å². The fourth-order valence-corrected chi connectivity index (χ4v) is 2.47. The lowest BCUT2D eigenvalue weighted by Gasteiger charge is -2.12. The van der Waals surface area contributed by atoms with E-state index in [9.17, 15) is 4.39 Å². The number of allylic oxidation sites excluding steroid dienone is 1. The summed E-state index contributed by atoms with van der Waals surface area (Å²) in [6.45, 7) is 3.72. The van der Waals surface area contributed by atoms with Gasteiger partial charge in [0.25, 0.3) is 0 Å². The van der Waals surface area contributed by atoms with Gasteiger partial charge in [0.1, 0.15) is 12.1 Å². The molecule has 1 aliphatic carbocycles. The van der Waals surface area contributed by atoms with Crippen LogP contribution in [-0.2, 0) is 6.42 Å². The van der Waals surface area contributed by atoms with Crippen molar-refractivity contribution >= 4 is 11.4 Å². The van der Waals surface area contributed by atoms with Crippen LogP contribution in [0.1, 0.15) is 30.7 Å². The number of hydrogen-bond donors (Lipinski definition) is 1. The third-order valence-corrected chi connectivity index (χ3v) is 3.33. The van der Waals surface area contributed by atoms with E-state index in [1.54, 1.807) is 6.07 Å². The zero-order chi connectivity index (χ0) is 15.0. The Kier molecular flexibility index (Phi) is 3.33. The summed E-state index contributed by atoms with van der Waals surface area (Å²) in [5.74, 6) is 0.294. The summed E-state index contributed by atoms with van der Waals surface area (Å²) in [6, 6.07) is 4.93. The van der Waals surface area contributed by atoms with Gasteiger partial charge in [0, 0.05) is 12.0 Å². The summed E-state index contributed by atoms with van der Waals surface area (Å²) in [7, 11) is 0. The van der Waals surface area contributed by atoms with Gasteiger partial charge in [-0.2, -0.15) is 0 Å². The van der Waals surface area contributed by atoms with Crippen molar-refractivity contribution in [3.63, 3.8) is 0 Å². The molecule has 0 saturated heterocycles. The van der Waals surface area contributed by atoms with E-state index in [0.29, 0.717) is 12.2 Å². The number of anilines is 1. The second-order valence-corrected chi connectivity index (χ2v) is 5.21. The summed E-state index contributed by atoms with van der Waals surface area (Å²) < 4.78 is 19.5. The van der Waals surface area contributed by atoms with E-state index < -0.39 is 0 Å². The molecular formula is C16H16FN3O. The van der Waals surface area contributed by atoms with Gasteiger partial charge in [-0.3, -0.25) is 0 Å². The van der Waals surface area contributed by atoms with E-state index in [1.807, 2.05) is 26.0 Å². The molecular weight excluding hydrogens is 269 g/mol. The van der Waals surface area contributed by atoms with Crippen LogP contribution in [0.15, 0.2) is 30.6 Å². The molecule has 0 aliphatic heterocycles. The molecule has 0 spiro atoms. The van der Waals surface area contributed by atoms with Crippen molar-refractivity contribution in [2.75, 3.05) is 5.73 Å². The number of benzene rings is 1. The third kappa shape index (κ3) is 2.46. The SMILES string of the molecule is CC(C)Oc1ccc(C2=CCc3ncnc(N)c32)cc1F. The quantitative estimate of drug-likeness (QED) is 0.941. The van der Waals surface area contributed by atoms with Crippen LogP contribution in [0.2, 0.25) is 0 Å². The Morgan fingerprint density at radius 3 is 2.81 bits per heavy atom. The van der Waals surface area contributed by atoms with Crippen molar-refractivity contribution in [3.05, 3.63) is 53.2 Å². The predicted molar refractivity (Wildman–Crippen MR) is 79.4 cm³/mol. The molecule has 0 bridgehead atoms. The lowest BCUT2D eigenvalue weighted by atomic mass is 10.0. The maximum absolute atomic E-state index is 14.1. The van der Waals surface area contributed by atoms with Crippen LogP contribution in [0.25, 0.3) is 5.57 Å². The zero-order valence-corrected chi connectivity index (χ0v) is 11.9. The molecule has 0 radical (unpaired) electrons. The van der Waals surface area contributed by atoms with Gasteiger partial charge in [-0.1, -0.05) is 12.1 Å². The van der Waals surface area contributed by atoms with E-state index >= 15 is 0 Å². The smallest absolute Gasteiger partial charge is 0.165 e. The molecule has 1 aromatic carbocycles. The maximum Gasteiger partial charge on any atom is 0.165 e. The normalized spacial score (nSPS) is 13.2.